The van der Waals surface area contributed by atoms with Crippen molar-refractivity contribution in [1.29, 1.82) is 0 Å². The molecule has 216 valence electrons. The Morgan fingerprint density at radius 2 is 1.71 bits per heavy atom. The lowest BCUT2D eigenvalue weighted by atomic mass is 10.0. The highest BCUT2D eigenvalue weighted by Crippen LogP contribution is 2.32. The Morgan fingerprint density at radius 3 is 2.34 bits per heavy atom. The van der Waals surface area contributed by atoms with Crippen LogP contribution < -0.4 is 16.0 Å². The summed E-state index contributed by atoms with van der Waals surface area (Å²) in [6.07, 6.45) is 0.607. The number of nitrogens with zero attached hydrogens (tertiary/aromatic N) is 3. The number of urea groups is 1. The summed E-state index contributed by atoms with van der Waals surface area (Å²) in [5, 5.41) is 29.0. The van der Waals surface area contributed by atoms with Crippen LogP contribution in [0.4, 0.5) is 10.5 Å². The number of imide groups is 1. The molecule has 0 spiro atoms. The van der Waals surface area contributed by atoms with Gasteiger partial charge in [0, 0.05) is 27.2 Å². The zero-order chi connectivity index (χ0) is 29.8. The Kier molecular flexibility index (Phi) is 8.45. The van der Waals surface area contributed by atoms with E-state index in [0.717, 1.165) is 10.5 Å². The number of carboxylic acid groups (broad SMARTS) is 1. The Bertz CT molecular complexity index is 1410. The second-order valence-electron chi connectivity index (χ2n) is 9.85. The van der Waals surface area contributed by atoms with Crippen molar-refractivity contribution in [2.75, 3.05) is 39.0 Å². The molecule has 1 fully saturated rings. The van der Waals surface area contributed by atoms with E-state index in [1.54, 1.807) is 14.1 Å². The normalized spacial score (nSPS) is 17.7. The summed E-state index contributed by atoms with van der Waals surface area (Å²) in [4.78, 5) is 66.9. The standard InChI is InChI=1S/C28H32N6O7/c1-4-18(16-9-6-5-7-10-16)29-21-22(25(37)31-24(21)36)30-19-12-8-11-17(23(19)35)26(38)34-14-13-33(28(41)32(2)3)15-20(34)27(39)40/h5-12,18,20,35H,4,13-15H2,1-3H3,(H,39,40)(H3,29,30,31,36,37)/t18-,20?/m1/s1. The quantitative estimate of drug-likeness (QED) is 0.234. The minimum atomic E-state index is -1.34. The number of carboxylic acids is 1. The summed E-state index contributed by atoms with van der Waals surface area (Å²) in [6, 6.07) is 11.6. The lowest BCUT2D eigenvalue weighted by molar-refractivity contribution is -0.144. The van der Waals surface area contributed by atoms with Gasteiger partial charge in [-0.25, -0.2) is 9.59 Å². The Morgan fingerprint density at radius 1 is 1.02 bits per heavy atom. The van der Waals surface area contributed by atoms with Crippen LogP contribution in [0.1, 0.15) is 35.3 Å². The molecular weight excluding hydrogens is 532 g/mol. The fourth-order valence-electron chi connectivity index (χ4n) is 4.79. The predicted molar refractivity (Wildman–Crippen MR) is 148 cm³/mol. The minimum absolute atomic E-state index is 0.0190. The van der Waals surface area contributed by atoms with E-state index in [2.05, 4.69) is 16.0 Å². The van der Waals surface area contributed by atoms with Crippen LogP contribution in [0, 0.1) is 0 Å². The van der Waals surface area contributed by atoms with Gasteiger partial charge in [-0.2, -0.15) is 0 Å². The number of phenolic OH excluding ortho intramolecular Hbond substituents is 1. The van der Waals surface area contributed by atoms with E-state index in [9.17, 15) is 34.2 Å². The second kappa shape index (κ2) is 12.0. The van der Waals surface area contributed by atoms with Gasteiger partial charge < -0.3 is 35.5 Å². The van der Waals surface area contributed by atoms with E-state index in [4.69, 9.17) is 0 Å². The minimum Gasteiger partial charge on any atom is -0.505 e. The van der Waals surface area contributed by atoms with Crippen LogP contribution in [-0.2, 0) is 14.4 Å². The van der Waals surface area contributed by atoms with Crippen LogP contribution in [-0.4, -0.2) is 94.4 Å². The Balaban J connectivity index is 1.60. The first-order chi connectivity index (χ1) is 19.5. The fourth-order valence-corrected chi connectivity index (χ4v) is 4.79. The molecule has 5 amide bonds. The highest BCUT2D eigenvalue weighted by molar-refractivity contribution is 6.20. The van der Waals surface area contributed by atoms with E-state index in [1.807, 2.05) is 37.3 Å². The summed E-state index contributed by atoms with van der Waals surface area (Å²) < 4.78 is 0. The summed E-state index contributed by atoms with van der Waals surface area (Å²) >= 11 is 0. The maximum Gasteiger partial charge on any atom is 0.328 e. The third kappa shape index (κ3) is 5.93. The maximum absolute atomic E-state index is 13.5. The topological polar surface area (TPSA) is 172 Å². The van der Waals surface area contributed by atoms with Gasteiger partial charge in [0.15, 0.2) is 5.75 Å². The number of anilines is 1. The van der Waals surface area contributed by atoms with Crippen LogP contribution in [0.2, 0.25) is 0 Å². The first-order valence-electron chi connectivity index (χ1n) is 13.0. The lowest BCUT2D eigenvalue weighted by Gasteiger charge is -2.40. The van der Waals surface area contributed by atoms with Crippen molar-refractivity contribution >= 4 is 35.4 Å². The first-order valence-corrected chi connectivity index (χ1v) is 13.0. The molecule has 2 atom stereocenters. The number of carbonyl (C=O) groups is 5. The van der Waals surface area contributed by atoms with Gasteiger partial charge >= 0.3 is 12.0 Å². The summed E-state index contributed by atoms with van der Waals surface area (Å²) in [6.45, 7) is 1.74. The number of carbonyl (C=O) groups excluding carboxylic acids is 4. The molecular formula is C28H32N6O7. The molecule has 2 heterocycles. The number of hydrogen-bond acceptors (Lipinski definition) is 8. The second-order valence-corrected chi connectivity index (χ2v) is 9.85. The van der Waals surface area contributed by atoms with Gasteiger partial charge in [0.2, 0.25) is 0 Å². The van der Waals surface area contributed by atoms with E-state index >= 15 is 0 Å². The average molecular weight is 565 g/mol. The monoisotopic (exact) mass is 564 g/mol. The lowest BCUT2D eigenvalue weighted by Crippen LogP contribution is -2.60. The van der Waals surface area contributed by atoms with E-state index in [0.29, 0.717) is 6.42 Å². The van der Waals surface area contributed by atoms with Gasteiger partial charge in [-0.05, 0) is 24.1 Å². The van der Waals surface area contributed by atoms with E-state index in [-0.39, 0.29) is 54.4 Å². The number of piperazine rings is 1. The summed E-state index contributed by atoms with van der Waals surface area (Å²) in [7, 11) is 3.09. The molecule has 2 aromatic carbocycles. The number of phenols is 1. The van der Waals surface area contributed by atoms with Crippen molar-refractivity contribution < 1.29 is 34.2 Å². The van der Waals surface area contributed by atoms with Crippen LogP contribution in [0.5, 0.6) is 5.75 Å². The molecule has 0 saturated carbocycles. The molecule has 2 aliphatic heterocycles. The van der Waals surface area contributed by atoms with Gasteiger partial charge in [0.1, 0.15) is 17.4 Å². The molecule has 0 bridgehead atoms. The van der Waals surface area contributed by atoms with Crippen LogP contribution in [0.15, 0.2) is 59.9 Å². The van der Waals surface area contributed by atoms with Gasteiger partial charge in [0.25, 0.3) is 17.7 Å². The zero-order valence-electron chi connectivity index (χ0n) is 22.9. The van der Waals surface area contributed by atoms with Gasteiger partial charge in [-0.15, -0.1) is 0 Å². The fraction of sp³-hybridized carbons (Fsp3) is 0.321. The molecule has 0 aromatic heterocycles. The van der Waals surface area contributed by atoms with Crippen molar-refractivity contribution in [3.8, 4) is 5.75 Å². The molecule has 13 heteroatoms. The van der Waals surface area contributed by atoms with Crippen molar-refractivity contribution in [1.82, 2.24) is 25.3 Å². The largest absolute Gasteiger partial charge is 0.505 e. The predicted octanol–water partition coefficient (Wildman–Crippen LogP) is 1.31. The van der Waals surface area contributed by atoms with E-state index in [1.165, 1.54) is 28.0 Å². The average Bonchev–Trinajstić information content (AvgIpc) is 3.22. The van der Waals surface area contributed by atoms with Crippen LogP contribution in [0.3, 0.4) is 0 Å². The zero-order valence-corrected chi connectivity index (χ0v) is 22.9. The molecule has 4 rings (SSSR count). The summed E-state index contributed by atoms with van der Waals surface area (Å²) in [5.74, 6) is -3.95. The molecule has 13 nitrogen and oxygen atoms in total. The number of nitrogens with one attached hydrogen (secondary N) is 3. The van der Waals surface area contributed by atoms with Crippen molar-refractivity contribution in [3.05, 3.63) is 71.1 Å². The number of hydrogen-bond donors (Lipinski definition) is 5. The molecule has 41 heavy (non-hydrogen) atoms. The van der Waals surface area contributed by atoms with E-state index < -0.39 is 35.5 Å². The number of aliphatic carboxylic acids is 1. The maximum atomic E-state index is 13.5. The molecule has 2 aromatic rings. The molecule has 1 unspecified atom stereocenters. The number of rotatable bonds is 8. The van der Waals surface area contributed by atoms with Crippen molar-refractivity contribution in [2.45, 2.75) is 25.4 Å². The highest BCUT2D eigenvalue weighted by atomic mass is 16.4. The molecule has 0 radical (unpaired) electrons. The number of para-hydroxylation sites is 1. The number of amides is 5. The Hall–Kier alpha value is -5.07. The highest BCUT2D eigenvalue weighted by Gasteiger charge is 2.39. The SMILES string of the molecule is CC[C@@H](NC1=C(Nc2cccc(C(=O)N3CCN(C(=O)N(C)C)CC3C(=O)O)c2O)C(=O)NC1=O)c1ccccc1. The number of aromatic hydroxyl groups is 1. The third-order valence-corrected chi connectivity index (χ3v) is 6.97. The van der Waals surface area contributed by atoms with Crippen molar-refractivity contribution in [3.63, 3.8) is 0 Å². The van der Waals surface area contributed by atoms with Crippen LogP contribution in [0.25, 0.3) is 0 Å². The third-order valence-electron chi connectivity index (χ3n) is 6.97. The van der Waals surface area contributed by atoms with Gasteiger partial charge in [0.05, 0.1) is 23.8 Å². The van der Waals surface area contributed by atoms with Gasteiger partial charge in [-0.3, -0.25) is 19.7 Å². The van der Waals surface area contributed by atoms with Gasteiger partial charge in [-0.1, -0.05) is 43.3 Å². The van der Waals surface area contributed by atoms with Crippen LogP contribution >= 0.6 is 0 Å². The smallest absolute Gasteiger partial charge is 0.328 e. The first kappa shape index (κ1) is 28.9. The number of benzene rings is 2. The molecule has 1 saturated heterocycles. The van der Waals surface area contributed by atoms with Crippen molar-refractivity contribution in [2.24, 2.45) is 0 Å². The molecule has 0 aliphatic carbocycles. The molecule has 2 aliphatic rings. The summed E-state index contributed by atoms with van der Waals surface area (Å²) in [5.41, 5.74) is 0.517. The molecule has 5 N–H and O–H groups in total. The Labute approximate surface area is 236 Å².